The Bertz CT molecular complexity index is 758. The summed E-state index contributed by atoms with van der Waals surface area (Å²) in [5.74, 6) is -0.332. The standard InChI is InChI=1S/C16H13Cl4N3OS/c17-11-7-6-10(8-12(11)18)21-16(25)23-14(13(19)20)22-15(24)9-4-2-1-3-5-9/h1-8,13-14H,(H,22,24)(H2,21,23,25). The molecule has 2 aromatic carbocycles. The molecule has 0 fully saturated rings. The molecule has 1 atom stereocenters. The van der Waals surface area contributed by atoms with Crippen LogP contribution in [-0.4, -0.2) is 22.0 Å². The minimum atomic E-state index is -0.929. The second-order valence-electron chi connectivity index (χ2n) is 4.88. The number of benzene rings is 2. The first-order valence-corrected chi connectivity index (χ1v) is 9.07. The van der Waals surface area contributed by atoms with Gasteiger partial charge in [0.25, 0.3) is 5.91 Å². The first-order valence-electron chi connectivity index (χ1n) is 7.03. The molecule has 0 aromatic heterocycles. The normalized spacial score (nSPS) is 11.7. The zero-order valence-corrected chi connectivity index (χ0v) is 16.4. The van der Waals surface area contributed by atoms with Crippen LogP contribution in [0.5, 0.6) is 0 Å². The molecule has 3 N–H and O–H groups in total. The molecule has 2 aromatic rings. The fourth-order valence-electron chi connectivity index (χ4n) is 1.86. The first kappa shape index (κ1) is 20.1. The molecular weight excluding hydrogens is 424 g/mol. The van der Waals surface area contributed by atoms with Crippen molar-refractivity contribution in [3.63, 3.8) is 0 Å². The Hall–Kier alpha value is -1.24. The molecule has 1 amide bonds. The van der Waals surface area contributed by atoms with Crippen LogP contribution in [0.1, 0.15) is 10.4 Å². The van der Waals surface area contributed by atoms with Crippen molar-refractivity contribution in [3.8, 4) is 0 Å². The van der Waals surface area contributed by atoms with Crippen molar-refractivity contribution in [3.05, 3.63) is 64.1 Å². The maximum Gasteiger partial charge on any atom is 0.252 e. The van der Waals surface area contributed by atoms with Gasteiger partial charge in [-0.15, -0.1) is 23.2 Å². The van der Waals surface area contributed by atoms with E-state index in [1.54, 1.807) is 42.5 Å². The number of hydrogen-bond donors (Lipinski definition) is 3. The van der Waals surface area contributed by atoms with Crippen molar-refractivity contribution < 1.29 is 4.79 Å². The summed E-state index contributed by atoms with van der Waals surface area (Å²) in [5.41, 5.74) is 1.10. The smallest absolute Gasteiger partial charge is 0.252 e. The maximum atomic E-state index is 12.2. The van der Waals surface area contributed by atoms with E-state index in [9.17, 15) is 4.79 Å². The molecule has 4 nitrogen and oxygen atoms in total. The lowest BCUT2D eigenvalue weighted by Gasteiger charge is -2.23. The number of anilines is 1. The molecule has 0 saturated heterocycles. The van der Waals surface area contributed by atoms with Crippen LogP contribution in [0.3, 0.4) is 0 Å². The molecule has 0 aliphatic rings. The monoisotopic (exact) mass is 435 g/mol. The molecular formula is C16H13Cl4N3OS. The third-order valence-corrected chi connectivity index (χ3v) is 4.50. The molecule has 1 unspecified atom stereocenters. The summed E-state index contributed by atoms with van der Waals surface area (Å²) < 4.78 is 0. The Balaban J connectivity index is 1.99. The number of amides is 1. The van der Waals surface area contributed by atoms with E-state index in [0.29, 0.717) is 21.3 Å². The van der Waals surface area contributed by atoms with Crippen molar-refractivity contribution in [1.82, 2.24) is 10.6 Å². The number of hydrogen-bond acceptors (Lipinski definition) is 2. The van der Waals surface area contributed by atoms with Gasteiger partial charge in [0.2, 0.25) is 0 Å². The summed E-state index contributed by atoms with van der Waals surface area (Å²) in [4.78, 5) is 11.3. The van der Waals surface area contributed by atoms with Gasteiger partial charge in [-0.25, -0.2) is 0 Å². The fourth-order valence-corrected chi connectivity index (χ4v) is 2.65. The molecule has 2 rings (SSSR count). The van der Waals surface area contributed by atoms with Crippen molar-refractivity contribution in [2.45, 2.75) is 11.0 Å². The van der Waals surface area contributed by atoms with Gasteiger partial charge >= 0.3 is 0 Å². The SMILES string of the molecule is O=C(NC(NC(=S)Nc1ccc(Cl)c(Cl)c1)C(Cl)Cl)c1ccccc1. The van der Waals surface area contributed by atoms with E-state index in [-0.39, 0.29) is 11.0 Å². The van der Waals surface area contributed by atoms with E-state index in [0.717, 1.165) is 0 Å². The van der Waals surface area contributed by atoms with Gasteiger partial charge in [-0.2, -0.15) is 0 Å². The Labute approximate surface area is 170 Å². The van der Waals surface area contributed by atoms with Crippen molar-refractivity contribution in [2.75, 3.05) is 5.32 Å². The summed E-state index contributed by atoms with van der Waals surface area (Å²) >= 11 is 28.9. The zero-order valence-electron chi connectivity index (χ0n) is 12.6. The summed E-state index contributed by atoms with van der Waals surface area (Å²) in [5, 5.41) is 9.47. The predicted octanol–water partition coefficient (Wildman–Crippen LogP) is 4.84. The highest BCUT2D eigenvalue weighted by atomic mass is 35.5. The van der Waals surface area contributed by atoms with Gasteiger partial charge in [0.15, 0.2) is 5.11 Å². The molecule has 25 heavy (non-hydrogen) atoms. The number of thiocarbonyl (C=S) groups is 1. The van der Waals surface area contributed by atoms with Crippen LogP contribution in [-0.2, 0) is 0 Å². The number of nitrogens with one attached hydrogen (secondary N) is 3. The highest BCUT2D eigenvalue weighted by Gasteiger charge is 2.21. The van der Waals surface area contributed by atoms with Gasteiger partial charge in [-0.1, -0.05) is 41.4 Å². The third kappa shape index (κ3) is 6.20. The van der Waals surface area contributed by atoms with Crippen molar-refractivity contribution in [1.29, 1.82) is 0 Å². The van der Waals surface area contributed by atoms with E-state index in [4.69, 9.17) is 58.6 Å². The van der Waals surface area contributed by atoms with Gasteiger partial charge in [-0.05, 0) is 42.5 Å². The zero-order chi connectivity index (χ0) is 18.4. The van der Waals surface area contributed by atoms with Crippen LogP contribution in [0.2, 0.25) is 10.0 Å². The number of alkyl halides is 2. The van der Waals surface area contributed by atoms with Crippen LogP contribution in [0, 0.1) is 0 Å². The maximum absolute atomic E-state index is 12.2. The minimum absolute atomic E-state index is 0.211. The molecule has 132 valence electrons. The number of carbonyl (C=O) groups is 1. The Morgan fingerprint density at radius 3 is 2.24 bits per heavy atom. The topological polar surface area (TPSA) is 53.2 Å². The molecule has 0 aliphatic carbocycles. The fraction of sp³-hybridized carbons (Fsp3) is 0.125. The summed E-state index contributed by atoms with van der Waals surface area (Å²) in [6, 6.07) is 13.6. The van der Waals surface area contributed by atoms with E-state index in [1.165, 1.54) is 0 Å². The second-order valence-corrected chi connectivity index (χ2v) is 7.27. The number of rotatable bonds is 5. The van der Waals surface area contributed by atoms with Gasteiger partial charge in [0.05, 0.1) is 10.0 Å². The van der Waals surface area contributed by atoms with E-state index in [2.05, 4.69) is 16.0 Å². The van der Waals surface area contributed by atoms with Crippen LogP contribution < -0.4 is 16.0 Å². The van der Waals surface area contributed by atoms with Crippen LogP contribution in [0.25, 0.3) is 0 Å². The lowest BCUT2D eigenvalue weighted by molar-refractivity contribution is 0.0936. The molecule has 0 saturated carbocycles. The van der Waals surface area contributed by atoms with Crippen LogP contribution in [0.4, 0.5) is 5.69 Å². The second kappa shape index (κ2) is 9.46. The van der Waals surface area contributed by atoms with Gasteiger partial charge in [0.1, 0.15) is 11.0 Å². The highest BCUT2D eigenvalue weighted by Crippen LogP contribution is 2.25. The summed E-state index contributed by atoms with van der Waals surface area (Å²) in [7, 11) is 0. The Morgan fingerprint density at radius 1 is 0.960 bits per heavy atom. The lowest BCUT2D eigenvalue weighted by Crippen LogP contribution is -2.52. The summed E-state index contributed by atoms with van der Waals surface area (Å²) in [6.07, 6.45) is -0.793. The predicted molar refractivity (Wildman–Crippen MR) is 109 cm³/mol. The minimum Gasteiger partial charge on any atom is -0.340 e. The van der Waals surface area contributed by atoms with E-state index < -0.39 is 11.0 Å². The summed E-state index contributed by atoms with van der Waals surface area (Å²) in [6.45, 7) is 0. The Morgan fingerprint density at radius 2 is 1.64 bits per heavy atom. The van der Waals surface area contributed by atoms with Gasteiger partial charge in [-0.3, -0.25) is 4.79 Å². The number of halogens is 4. The van der Waals surface area contributed by atoms with Crippen molar-refractivity contribution >= 4 is 75.3 Å². The quantitative estimate of drug-likeness (QED) is 0.356. The molecule has 0 bridgehead atoms. The molecule has 0 radical (unpaired) electrons. The molecule has 0 heterocycles. The molecule has 9 heteroatoms. The first-order chi connectivity index (χ1) is 11.9. The van der Waals surface area contributed by atoms with E-state index >= 15 is 0 Å². The third-order valence-electron chi connectivity index (χ3n) is 3.04. The van der Waals surface area contributed by atoms with Gasteiger partial charge < -0.3 is 16.0 Å². The van der Waals surface area contributed by atoms with Crippen LogP contribution in [0.15, 0.2) is 48.5 Å². The van der Waals surface area contributed by atoms with Crippen LogP contribution >= 0.6 is 58.6 Å². The Kier molecular flexibility index (Phi) is 7.59. The molecule has 0 aliphatic heterocycles. The average molecular weight is 437 g/mol. The average Bonchev–Trinajstić information content (AvgIpc) is 2.58. The lowest BCUT2D eigenvalue weighted by atomic mass is 10.2. The van der Waals surface area contributed by atoms with E-state index in [1.807, 2.05) is 6.07 Å². The largest absolute Gasteiger partial charge is 0.340 e. The van der Waals surface area contributed by atoms with Crippen molar-refractivity contribution in [2.24, 2.45) is 0 Å². The van der Waals surface area contributed by atoms with Gasteiger partial charge in [0, 0.05) is 11.3 Å². The highest BCUT2D eigenvalue weighted by molar-refractivity contribution is 7.80. The molecule has 0 spiro atoms. The number of carbonyl (C=O) groups excluding carboxylic acids is 1.